The van der Waals surface area contributed by atoms with E-state index in [9.17, 15) is 0 Å². The zero-order valence-corrected chi connectivity index (χ0v) is 17.8. The van der Waals surface area contributed by atoms with Gasteiger partial charge in [-0.05, 0) is 63.5 Å². The van der Waals surface area contributed by atoms with Gasteiger partial charge in [-0.1, -0.05) is 12.9 Å². The van der Waals surface area contributed by atoms with E-state index in [0.717, 1.165) is 22.8 Å². The monoisotopic (exact) mass is 460 g/mol. The molecule has 0 bridgehead atoms. The van der Waals surface area contributed by atoms with Gasteiger partial charge >= 0.3 is 0 Å². The molecule has 138 valence electrons. The fourth-order valence-corrected chi connectivity index (χ4v) is 11.1. The molecule has 0 atom stereocenters. The van der Waals surface area contributed by atoms with Gasteiger partial charge < -0.3 is 21.1 Å². The Hall–Kier alpha value is 0.202. The van der Waals surface area contributed by atoms with Crippen LogP contribution in [0.2, 0.25) is 0 Å². The predicted octanol–water partition coefficient (Wildman–Crippen LogP) is 5.59. The molecule has 0 spiro atoms. The van der Waals surface area contributed by atoms with Gasteiger partial charge in [0.15, 0.2) is 5.75 Å². The molecule has 3 rings (SSSR count). The third kappa shape index (κ3) is 3.66. The Morgan fingerprint density at radius 1 is 0.958 bits per heavy atom. The number of rotatable bonds is 6. The molecule has 0 saturated heterocycles. The number of methoxy groups -OCH3 is 2. The van der Waals surface area contributed by atoms with E-state index in [1.165, 1.54) is 56.7 Å². The zero-order chi connectivity index (χ0) is 16.3. The number of halogens is 1. The maximum absolute atomic E-state index is 6.66. The fraction of sp³-hybridized carbons (Fsp3) is 0.632. The van der Waals surface area contributed by atoms with Gasteiger partial charge in [0.25, 0.3) is 0 Å². The Bertz CT molecular complexity index is 512. The van der Waals surface area contributed by atoms with Crippen molar-refractivity contribution in [3.63, 3.8) is 0 Å². The predicted molar refractivity (Wildman–Crippen MR) is 101 cm³/mol. The van der Waals surface area contributed by atoms with Gasteiger partial charge in [-0.3, -0.25) is 0 Å². The Morgan fingerprint density at radius 2 is 1.50 bits per heavy atom. The molecule has 0 radical (unpaired) electrons. The molecule has 1 aromatic rings. The summed E-state index contributed by atoms with van der Waals surface area (Å²) in [6.07, 6.45) is 10.7. The molecule has 0 aromatic heterocycles. The summed E-state index contributed by atoms with van der Waals surface area (Å²) in [6.45, 7) is 0. The molecular formula is C19H28ClO2PPd. The molecule has 0 aliphatic heterocycles. The van der Waals surface area contributed by atoms with Crippen molar-refractivity contribution < 1.29 is 29.9 Å². The van der Waals surface area contributed by atoms with Gasteiger partial charge in [0, 0.05) is 37.8 Å². The number of ether oxygens (including phenoxy) is 2. The summed E-state index contributed by atoms with van der Waals surface area (Å²) in [5, 5.41) is 1.37. The van der Waals surface area contributed by atoms with Crippen molar-refractivity contribution in [1.82, 2.24) is 0 Å². The first-order valence-electron chi connectivity index (χ1n) is 8.81. The quantitative estimate of drug-likeness (QED) is 0.313. The summed E-state index contributed by atoms with van der Waals surface area (Å²) in [6, 6.07) is 6.35. The molecule has 0 unspecified atom stereocenters. The maximum atomic E-state index is 6.66. The van der Waals surface area contributed by atoms with E-state index in [2.05, 4.69) is 17.8 Å². The second-order valence-corrected chi connectivity index (χ2v) is 11.2. The van der Waals surface area contributed by atoms with Gasteiger partial charge in [0.2, 0.25) is 0 Å². The SMILES string of the molecule is COc1ccc([P+]([CH-]Cl)(C2CCCC2)C2CCCC2)c(OC)c1.[Pd]. The fourth-order valence-electron chi connectivity index (χ4n) is 4.67. The van der Waals surface area contributed by atoms with Crippen LogP contribution >= 0.6 is 18.9 Å². The summed E-state index contributed by atoms with van der Waals surface area (Å²) in [5.41, 5.74) is 3.58. The van der Waals surface area contributed by atoms with Crippen molar-refractivity contribution >= 4 is 24.2 Å². The van der Waals surface area contributed by atoms with Crippen molar-refractivity contribution in [2.75, 3.05) is 14.2 Å². The normalized spacial score (nSPS) is 19.3. The van der Waals surface area contributed by atoms with Crippen LogP contribution in [0.5, 0.6) is 11.5 Å². The molecule has 24 heavy (non-hydrogen) atoms. The third-order valence-electron chi connectivity index (χ3n) is 5.82. The van der Waals surface area contributed by atoms with E-state index in [-0.39, 0.29) is 20.4 Å². The van der Waals surface area contributed by atoms with Crippen LogP contribution in [0.3, 0.4) is 0 Å². The number of benzene rings is 1. The second kappa shape index (κ2) is 9.23. The Kier molecular flexibility index (Phi) is 7.89. The van der Waals surface area contributed by atoms with Crippen molar-refractivity contribution in [2.45, 2.75) is 62.7 Å². The van der Waals surface area contributed by atoms with Crippen LogP contribution < -0.4 is 14.8 Å². The molecule has 2 nitrogen and oxygen atoms in total. The van der Waals surface area contributed by atoms with Gasteiger partial charge in [-0.15, -0.1) is 0 Å². The second-order valence-electron chi connectivity index (χ2n) is 6.85. The molecule has 2 fully saturated rings. The van der Waals surface area contributed by atoms with Crippen molar-refractivity contribution in [1.29, 1.82) is 0 Å². The average Bonchev–Trinajstić information content (AvgIpc) is 3.30. The first kappa shape index (κ1) is 20.5. The van der Waals surface area contributed by atoms with Gasteiger partial charge in [0.05, 0.1) is 14.2 Å². The van der Waals surface area contributed by atoms with E-state index in [1.807, 2.05) is 6.07 Å². The molecule has 2 aliphatic carbocycles. The number of hydrogen-bond acceptors (Lipinski definition) is 2. The Labute approximate surface area is 166 Å². The minimum Gasteiger partial charge on any atom is -0.497 e. The van der Waals surface area contributed by atoms with Crippen LogP contribution in [-0.2, 0) is 20.4 Å². The van der Waals surface area contributed by atoms with Crippen LogP contribution in [0.15, 0.2) is 18.2 Å². The molecule has 5 heteroatoms. The zero-order valence-electron chi connectivity index (χ0n) is 14.6. The number of hydrogen-bond donors (Lipinski definition) is 0. The maximum Gasteiger partial charge on any atom is 0.161 e. The van der Waals surface area contributed by atoms with Gasteiger partial charge in [-0.25, -0.2) is 0 Å². The van der Waals surface area contributed by atoms with E-state index in [4.69, 9.17) is 21.1 Å². The first-order chi connectivity index (χ1) is 11.3. The summed E-state index contributed by atoms with van der Waals surface area (Å²) >= 11 is 6.66. The van der Waals surface area contributed by atoms with Crippen LogP contribution in [0, 0.1) is 5.62 Å². The molecule has 1 aromatic carbocycles. The smallest absolute Gasteiger partial charge is 0.161 e. The molecule has 2 saturated carbocycles. The van der Waals surface area contributed by atoms with E-state index >= 15 is 0 Å². The summed E-state index contributed by atoms with van der Waals surface area (Å²) in [4.78, 5) is 0. The topological polar surface area (TPSA) is 18.5 Å². The largest absolute Gasteiger partial charge is 0.497 e. The van der Waals surface area contributed by atoms with Crippen molar-refractivity contribution in [2.24, 2.45) is 0 Å². The van der Waals surface area contributed by atoms with Crippen LogP contribution in [0.4, 0.5) is 0 Å². The van der Waals surface area contributed by atoms with E-state index in [1.54, 1.807) is 14.2 Å². The standard InChI is InChI=1S/C19H28ClO2P.Pd/c1-21-15-11-12-19(18(13-15)22-2)23(14-20,16-7-3-4-8-16)17-9-5-6-10-17;/h11-14,16-17H,3-10H2,1-2H3;. The minimum atomic E-state index is -1.55. The third-order valence-corrected chi connectivity index (χ3v) is 11.8. The summed E-state index contributed by atoms with van der Waals surface area (Å²) in [5.74, 6) is 1.82. The van der Waals surface area contributed by atoms with E-state index in [0.29, 0.717) is 0 Å². The summed E-state index contributed by atoms with van der Waals surface area (Å²) < 4.78 is 11.2. The molecule has 0 N–H and O–H groups in total. The summed E-state index contributed by atoms with van der Waals surface area (Å²) in [7, 11) is 1.93. The Morgan fingerprint density at radius 3 is 1.92 bits per heavy atom. The minimum absolute atomic E-state index is 0. The molecule has 0 heterocycles. The average molecular weight is 461 g/mol. The van der Waals surface area contributed by atoms with Gasteiger partial charge in [-0.2, -0.15) is 0 Å². The van der Waals surface area contributed by atoms with Crippen molar-refractivity contribution in [3.8, 4) is 11.5 Å². The van der Waals surface area contributed by atoms with Crippen LogP contribution in [0.1, 0.15) is 51.4 Å². The van der Waals surface area contributed by atoms with Crippen molar-refractivity contribution in [3.05, 3.63) is 23.8 Å². The Balaban J connectivity index is 0.00000208. The van der Waals surface area contributed by atoms with Gasteiger partial charge in [0.1, 0.15) is 11.1 Å². The van der Waals surface area contributed by atoms with Crippen LogP contribution in [-0.4, -0.2) is 25.5 Å². The molecule has 2 aliphatic rings. The van der Waals surface area contributed by atoms with Crippen LogP contribution in [0.25, 0.3) is 0 Å². The molecular weight excluding hydrogens is 433 g/mol. The van der Waals surface area contributed by atoms with E-state index < -0.39 is 7.26 Å². The molecule has 0 amide bonds. The first-order valence-corrected chi connectivity index (χ1v) is 11.2.